The number of benzene rings is 5. The van der Waals surface area contributed by atoms with Gasteiger partial charge in [-0.2, -0.15) is 0 Å². The summed E-state index contributed by atoms with van der Waals surface area (Å²) in [5.41, 5.74) is 8.52. The smallest absolute Gasteiger partial charge is 0.227 e. The van der Waals surface area contributed by atoms with Crippen LogP contribution in [-0.4, -0.2) is 14.5 Å². The van der Waals surface area contributed by atoms with Gasteiger partial charge in [-0.15, -0.1) is 0 Å². The van der Waals surface area contributed by atoms with Crippen molar-refractivity contribution < 1.29 is 8.81 Å². The topological polar surface area (TPSA) is 43.9 Å². The largest absolute Gasteiger partial charge is 0.437 e. The van der Waals surface area contributed by atoms with Gasteiger partial charge in [-0.1, -0.05) is 82.3 Å². The molecule has 8 aromatic rings. The first-order valence-corrected chi connectivity index (χ1v) is 14.8. The SMILES string of the molecule is CC(C)c1cccc(C(C)C)c1-n1c(-c2cccc3c2oc2nc4ccc(F)cc4cc23)nc2cc3ccccc3cc21. The van der Waals surface area contributed by atoms with Crippen LogP contribution in [0.1, 0.15) is 50.7 Å². The van der Waals surface area contributed by atoms with Crippen LogP contribution in [0.2, 0.25) is 0 Å². The molecular formula is C38H30FN3O. The average molecular weight is 564 g/mol. The van der Waals surface area contributed by atoms with Crippen molar-refractivity contribution >= 4 is 54.8 Å². The Hall–Kier alpha value is -5.03. The molecular weight excluding hydrogens is 533 g/mol. The third-order valence-corrected chi connectivity index (χ3v) is 8.57. The molecule has 0 N–H and O–H groups in total. The summed E-state index contributed by atoms with van der Waals surface area (Å²) < 4.78 is 23.0. The molecule has 3 heterocycles. The van der Waals surface area contributed by atoms with Crippen molar-refractivity contribution in [2.24, 2.45) is 0 Å². The lowest BCUT2D eigenvalue weighted by Crippen LogP contribution is -2.08. The third kappa shape index (κ3) is 3.95. The van der Waals surface area contributed by atoms with Gasteiger partial charge in [-0.05, 0) is 76.2 Å². The molecule has 5 heteroatoms. The van der Waals surface area contributed by atoms with Crippen LogP contribution in [0.3, 0.4) is 0 Å². The first-order chi connectivity index (χ1) is 20.9. The first-order valence-electron chi connectivity index (χ1n) is 14.8. The lowest BCUT2D eigenvalue weighted by Gasteiger charge is -2.22. The number of rotatable bonds is 4. The van der Waals surface area contributed by atoms with Gasteiger partial charge in [0.25, 0.3) is 0 Å². The lowest BCUT2D eigenvalue weighted by atomic mass is 9.92. The molecule has 4 nitrogen and oxygen atoms in total. The summed E-state index contributed by atoms with van der Waals surface area (Å²) in [6.07, 6.45) is 0. The van der Waals surface area contributed by atoms with E-state index in [0.717, 1.165) is 49.5 Å². The van der Waals surface area contributed by atoms with E-state index in [9.17, 15) is 4.39 Å². The normalized spacial score (nSPS) is 12.3. The molecule has 0 amide bonds. The van der Waals surface area contributed by atoms with Crippen LogP contribution < -0.4 is 0 Å². The fourth-order valence-electron chi connectivity index (χ4n) is 6.47. The minimum atomic E-state index is -0.284. The van der Waals surface area contributed by atoms with E-state index in [0.29, 0.717) is 23.1 Å². The molecule has 0 fully saturated rings. The van der Waals surface area contributed by atoms with E-state index in [-0.39, 0.29) is 5.82 Å². The Morgan fingerprint density at radius 1 is 0.651 bits per heavy atom. The van der Waals surface area contributed by atoms with E-state index in [4.69, 9.17) is 14.4 Å². The van der Waals surface area contributed by atoms with Crippen LogP contribution in [0.5, 0.6) is 0 Å². The van der Waals surface area contributed by atoms with Gasteiger partial charge in [0.1, 0.15) is 17.2 Å². The summed E-state index contributed by atoms with van der Waals surface area (Å²) >= 11 is 0. The van der Waals surface area contributed by atoms with Crippen molar-refractivity contribution in [1.29, 1.82) is 0 Å². The maximum atomic E-state index is 14.1. The number of hydrogen-bond donors (Lipinski definition) is 0. The molecule has 0 bridgehead atoms. The van der Waals surface area contributed by atoms with Crippen LogP contribution in [0.4, 0.5) is 4.39 Å². The van der Waals surface area contributed by atoms with E-state index in [1.54, 1.807) is 6.07 Å². The standard InChI is InChI=1S/C38H30FN3O/c1-21(2)27-11-7-12-28(22(3)4)35(27)42-34-20-24-10-6-5-9-23(24)19-33(34)40-37(42)30-14-8-13-29-31-18-25-17-26(39)15-16-32(25)41-38(31)43-36(29)30/h5-22H,1-4H3. The van der Waals surface area contributed by atoms with Crippen molar-refractivity contribution in [1.82, 2.24) is 14.5 Å². The Morgan fingerprint density at radius 2 is 1.37 bits per heavy atom. The number of fused-ring (bicyclic) bond motifs is 6. The Morgan fingerprint density at radius 3 is 2.12 bits per heavy atom. The number of aromatic nitrogens is 3. The fourth-order valence-corrected chi connectivity index (χ4v) is 6.47. The van der Waals surface area contributed by atoms with Gasteiger partial charge in [0.2, 0.25) is 5.71 Å². The zero-order valence-electron chi connectivity index (χ0n) is 24.5. The molecule has 0 aliphatic rings. The minimum Gasteiger partial charge on any atom is -0.437 e. The predicted octanol–water partition coefficient (Wildman–Crippen LogP) is 10.7. The number of pyridine rings is 1. The molecule has 210 valence electrons. The highest BCUT2D eigenvalue weighted by atomic mass is 19.1. The van der Waals surface area contributed by atoms with Crippen LogP contribution in [0, 0.1) is 5.82 Å². The third-order valence-electron chi connectivity index (χ3n) is 8.57. The maximum Gasteiger partial charge on any atom is 0.227 e. The van der Waals surface area contributed by atoms with E-state index >= 15 is 0 Å². The monoisotopic (exact) mass is 563 g/mol. The molecule has 0 spiro atoms. The zero-order valence-corrected chi connectivity index (χ0v) is 24.5. The number of imidazole rings is 1. The number of halogens is 1. The minimum absolute atomic E-state index is 0.284. The quantitative estimate of drug-likeness (QED) is 0.214. The highest BCUT2D eigenvalue weighted by Gasteiger charge is 2.25. The molecule has 0 aliphatic carbocycles. The summed E-state index contributed by atoms with van der Waals surface area (Å²) in [6.45, 7) is 8.99. The number of nitrogens with zero attached hydrogens (tertiary/aromatic N) is 3. The lowest BCUT2D eigenvalue weighted by molar-refractivity contribution is 0.629. The molecule has 8 rings (SSSR count). The van der Waals surface area contributed by atoms with Crippen LogP contribution in [0.15, 0.2) is 101 Å². The van der Waals surface area contributed by atoms with Crippen molar-refractivity contribution in [3.05, 3.63) is 114 Å². The Bertz CT molecular complexity index is 2350. The molecule has 0 unspecified atom stereocenters. The molecule has 0 atom stereocenters. The fraction of sp³-hybridized carbons (Fsp3) is 0.158. The number of furan rings is 1. The zero-order chi connectivity index (χ0) is 29.4. The van der Waals surface area contributed by atoms with Gasteiger partial charge in [0.15, 0.2) is 0 Å². The summed E-state index contributed by atoms with van der Waals surface area (Å²) in [6, 6.07) is 32.3. The van der Waals surface area contributed by atoms with Crippen LogP contribution >= 0.6 is 0 Å². The maximum absolute atomic E-state index is 14.1. The van der Waals surface area contributed by atoms with E-state index in [1.165, 1.54) is 34.3 Å². The van der Waals surface area contributed by atoms with Gasteiger partial charge < -0.3 is 4.42 Å². The number of para-hydroxylation sites is 2. The molecule has 0 saturated heterocycles. The van der Waals surface area contributed by atoms with Crippen LogP contribution in [0.25, 0.3) is 71.9 Å². The predicted molar refractivity (Wildman–Crippen MR) is 175 cm³/mol. The molecule has 43 heavy (non-hydrogen) atoms. The highest BCUT2D eigenvalue weighted by molar-refractivity contribution is 6.11. The molecule has 3 aromatic heterocycles. The molecule has 0 saturated carbocycles. The van der Waals surface area contributed by atoms with Gasteiger partial charge in [0, 0.05) is 16.2 Å². The van der Waals surface area contributed by atoms with Crippen LogP contribution in [-0.2, 0) is 0 Å². The van der Waals surface area contributed by atoms with Crippen molar-refractivity contribution in [2.45, 2.75) is 39.5 Å². The van der Waals surface area contributed by atoms with Crippen molar-refractivity contribution in [3.63, 3.8) is 0 Å². The second kappa shape index (κ2) is 9.50. The Labute approximate surface area is 248 Å². The van der Waals surface area contributed by atoms with Gasteiger partial charge in [-0.25, -0.2) is 14.4 Å². The second-order valence-corrected chi connectivity index (χ2v) is 12.0. The van der Waals surface area contributed by atoms with E-state index in [1.807, 2.05) is 18.2 Å². The average Bonchev–Trinajstić information content (AvgIpc) is 3.55. The summed E-state index contributed by atoms with van der Waals surface area (Å²) in [4.78, 5) is 10.1. The highest BCUT2D eigenvalue weighted by Crippen LogP contribution is 2.41. The molecule has 5 aromatic carbocycles. The second-order valence-electron chi connectivity index (χ2n) is 12.0. The van der Waals surface area contributed by atoms with Gasteiger partial charge in [-0.3, -0.25) is 4.57 Å². The number of hydrogen-bond acceptors (Lipinski definition) is 3. The Kier molecular flexibility index (Phi) is 5.67. The molecule has 0 radical (unpaired) electrons. The summed E-state index contributed by atoms with van der Waals surface area (Å²) in [5, 5.41) is 4.84. The molecule has 0 aliphatic heterocycles. The van der Waals surface area contributed by atoms with E-state index in [2.05, 4.69) is 92.9 Å². The first kappa shape index (κ1) is 25.7. The van der Waals surface area contributed by atoms with Gasteiger partial charge >= 0.3 is 0 Å². The summed E-state index contributed by atoms with van der Waals surface area (Å²) in [7, 11) is 0. The Balaban J connectivity index is 1.51. The van der Waals surface area contributed by atoms with Crippen molar-refractivity contribution in [2.75, 3.05) is 0 Å². The summed E-state index contributed by atoms with van der Waals surface area (Å²) in [5.74, 6) is 1.14. The van der Waals surface area contributed by atoms with Crippen molar-refractivity contribution in [3.8, 4) is 17.1 Å². The van der Waals surface area contributed by atoms with E-state index < -0.39 is 0 Å². The van der Waals surface area contributed by atoms with Gasteiger partial charge in [0.05, 0.1) is 27.8 Å².